The summed E-state index contributed by atoms with van der Waals surface area (Å²) in [6.07, 6.45) is 0. The Morgan fingerprint density at radius 1 is 1.07 bits per heavy atom. The number of aromatic nitrogens is 4. The number of nitrogens with one attached hydrogen (secondary N) is 1. The van der Waals surface area contributed by atoms with Crippen LogP contribution in [0, 0.1) is 6.92 Å². The lowest BCUT2D eigenvalue weighted by Crippen LogP contribution is -2.07. The lowest BCUT2D eigenvalue weighted by molar-refractivity contribution is 0.313. The molecule has 0 unspecified atom stereocenters. The number of nitrogens with zero attached hydrogens (tertiary/aromatic N) is 3. The molecule has 148 valence electrons. The van der Waals surface area contributed by atoms with Gasteiger partial charge in [-0.1, -0.05) is 48.2 Å². The normalized spacial score (nSPS) is 11.0. The molecule has 7 nitrogen and oxygen atoms in total. The van der Waals surface area contributed by atoms with E-state index in [9.17, 15) is 4.79 Å². The second-order valence-electron chi connectivity index (χ2n) is 6.31. The average molecular weight is 408 g/mol. The zero-order valence-corrected chi connectivity index (χ0v) is 16.9. The molecule has 0 amide bonds. The Bertz CT molecular complexity index is 1200. The Kier molecular flexibility index (Phi) is 5.53. The first kappa shape index (κ1) is 19.1. The molecule has 4 aromatic rings. The lowest BCUT2D eigenvalue weighted by atomic mass is 10.1. The maximum atomic E-state index is 11.8. The standard InChI is InChI=1S/C21H20N4O3S/c1-14-7-3-4-8-15(14)20-22-18-13-19(26)24-25(18)21(23-20)29-12-11-28-17-10-6-5-9-16(17)27-2/h3-10,13H,11-12H2,1-2H3,(H,24,26). The number of rotatable bonds is 7. The SMILES string of the molecule is COc1ccccc1OCCSc1nc(-c2ccccc2C)nc2cc(=O)[nH]n12. The van der Waals surface area contributed by atoms with Gasteiger partial charge < -0.3 is 9.47 Å². The summed E-state index contributed by atoms with van der Waals surface area (Å²) in [6.45, 7) is 2.47. The zero-order valence-electron chi connectivity index (χ0n) is 16.1. The largest absolute Gasteiger partial charge is 0.493 e. The number of benzene rings is 2. The van der Waals surface area contributed by atoms with Crippen molar-refractivity contribution in [2.75, 3.05) is 19.5 Å². The second kappa shape index (κ2) is 8.40. The molecular formula is C21H20N4O3S. The predicted octanol–water partition coefficient (Wildman–Crippen LogP) is 3.57. The summed E-state index contributed by atoms with van der Waals surface area (Å²) < 4.78 is 12.7. The summed E-state index contributed by atoms with van der Waals surface area (Å²) in [5.74, 6) is 2.62. The number of hydrogen-bond acceptors (Lipinski definition) is 6. The van der Waals surface area contributed by atoms with Crippen LogP contribution < -0.4 is 15.0 Å². The van der Waals surface area contributed by atoms with Gasteiger partial charge in [-0.15, -0.1) is 0 Å². The molecule has 0 atom stereocenters. The van der Waals surface area contributed by atoms with Gasteiger partial charge in [0.2, 0.25) is 0 Å². The Balaban J connectivity index is 1.56. The van der Waals surface area contributed by atoms with Crippen LogP contribution in [0.3, 0.4) is 0 Å². The van der Waals surface area contributed by atoms with Crippen molar-refractivity contribution in [2.24, 2.45) is 0 Å². The molecule has 0 bridgehead atoms. The molecule has 0 aliphatic carbocycles. The van der Waals surface area contributed by atoms with Gasteiger partial charge in [0.05, 0.1) is 13.7 Å². The van der Waals surface area contributed by atoms with E-state index in [-0.39, 0.29) is 5.56 Å². The molecule has 0 aliphatic rings. The van der Waals surface area contributed by atoms with E-state index >= 15 is 0 Å². The van der Waals surface area contributed by atoms with Gasteiger partial charge >= 0.3 is 0 Å². The van der Waals surface area contributed by atoms with Crippen LogP contribution in [0.4, 0.5) is 0 Å². The highest BCUT2D eigenvalue weighted by Crippen LogP contribution is 2.27. The molecule has 0 aliphatic heterocycles. The number of aromatic amines is 1. The van der Waals surface area contributed by atoms with E-state index in [1.54, 1.807) is 11.6 Å². The number of ether oxygens (including phenoxy) is 2. The highest BCUT2D eigenvalue weighted by Gasteiger charge is 2.13. The topological polar surface area (TPSA) is 81.5 Å². The Labute approximate surface area is 171 Å². The summed E-state index contributed by atoms with van der Waals surface area (Å²) in [6, 6.07) is 16.9. The van der Waals surface area contributed by atoms with E-state index in [0.717, 1.165) is 11.1 Å². The highest BCUT2D eigenvalue weighted by molar-refractivity contribution is 7.99. The van der Waals surface area contributed by atoms with Crippen LogP contribution in [0.15, 0.2) is 64.5 Å². The summed E-state index contributed by atoms with van der Waals surface area (Å²) in [4.78, 5) is 21.1. The van der Waals surface area contributed by atoms with E-state index in [4.69, 9.17) is 9.47 Å². The first-order valence-corrected chi connectivity index (χ1v) is 10.1. The van der Waals surface area contributed by atoms with E-state index in [2.05, 4.69) is 15.1 Å². The number of methoxy groups -OCH3 is 1. The lowest BCUT2D eigenvalue weighted by Gasteiger charge is -2.11. The second-order valence-corrected chi connectivity index (χ2v) is 7.37. The fourth-order valence-electron chi connectivity index (χ4n) is 2.95. The molecule has 1 N–H and O–H groups in total. The van der Waals surface area contributed by atoms with Crippen LogP contribution in [-0.4, -0.2) is 39.1 Å². The van der Waals surface area contributed by atoms with Crippen LogP contribution in [-0.2, 0) is 0 Å². The van der Waals surface area contributed by atoms with Crippen molar-refractivity contribution in [3.05, 3.63) is 70.5 Å². The van der Waals surface area contributed by atoms with E-state index < -0.39 is 0 Å². The van der Waals surface area contributed by atoms with Crippen LogP contribution in [0.25, 0.3) is 17.0 Å². The van der Waals surface area contributed by atoms with Crippen LogP contribution in [0.5, 0.6) is 11.5 Å². The highest BCUT2D eigenvalue weighted by atomic mass is 32.2. The quantitative estimate of drug-likeness (QED) is 0.372. The van der Waals surface area contributed by atoms with Gasteiger partial charge in [-0.05, 0) is 24.6 Å². The molecular weight excluding hydrogens is 388 g/mol. The van der Waals surface area contributed by atoms with Crippen molar-refractivity contribution in [3.8, 4) is 22.9 Å². The van der Waals surface area contributed by atoms with Gasteiger partial charge in [-0.3, -0.25) is 9.89 Å². The molecule has 0 saturated heterocycles. The number of thioether (sulfide) groups is 1. The van der Waals surface area contributed by atoms with Crippen molar-refractivity contribution in [2.45, 2.75) is 12.1 Å². The van der Waals surface area contributed by atoms with Gasteiger partial charge in [0.1, 0.15) is 0 Å². The summed E-state index contributed by atoms with van der Waals surface area (Å²) in [5, 5.41) is 3.40. The van der Waals surface area contributed by atoms with Gasteiger partial charge in [-0.2, -0.15) is 0 Å². The maximum absolute atomic E-state index is 11.8. The molecule has 2 aromatic carbocycles. The minimum atomic E-state index is -0.214. The van der Waals surface area contributed by atoms with Crippen molar-refractivity contribution in [1.82, 2.24) is 19.6 Å². The van der Waals surface area contributed by atoms with Crippen molar-refractivity contribution in [1.29, 1.82) is 0 Å². The predicted molar refractivity (Wildman–Crippen MR) is 113 cm³/mol. The smallest absolute Gasteiger partial charge is 0.266 e. The fourth-order valence-corrected chi connectivity index (χ4v) is 3.72. The average Bonchev–Trinajstić information content (AvgIpc) is 3.12. The van der Waals surface area contributed by atoms with E-state index in [1.807, 2.05) is 55.5 Å². The van der Waals surface area contributed by atoms with Crippen molar-refractivity contribution < 1.29 is 9.47 Å². The van der Waals surface area contributed by atoms with E-state index in [1.165, 1.54) is 17.8 Å². The summed E-state index contributed by atoms with van der Waals surface area (Å²) in [5.41, 5.74) is 2.34. The third-order valence-corrected chi connectivity index (χ3v) is 5.25. The molecule has 0 radical (unpaired) electrons. The van der Waals surface area contributed by atoms with Crippen LogP contribution in [0.2, 0.25) is 0 Å². The molecule has 4 rings (SSSR count). The minimum absolute atomic E-state index is 0.214. The summed E-state index contributed by atoms with van der Waals surface area (Å²) in [7, 11) is 1.62. The molecule has 8 heteroatoms. The van der Waals surface area contributed by atoms with Crippen molar-refractivity contribution >= 4 is 17.4 Å². The summed E-state index contributed by atoms with van der Waals surface area (Å²) >= 11 is 1.49. The number of para-hydroxylation sites is 2. The molecule has 2 aromatic heterocycles. The van der Waals surface area contributed by atoms with E-state index in [0.29, 0.717) is 40.5 Å². The first-order chi connectivity index (χ1) is 14.2. The van der Waals surface area contributed by atoms with Crippen molar-refractivity contribution in [3.63, 3.8) is 0 Å². The van der Waals surface area contributed by atoms with Gasteiger partial charge in [0.25, 0.3) is 5.56 Å². The number of fused-ring (bicyclic) bond motifs is 1. The van der Waals surface area contributed by atoms with Gasteiger partial charge in [0, 0.05) is 17.4 Å². The number of aryl methyl sites for hydroxylation is 1. The molecule has 0 saturated carbocycles. The number of hydrogen-bond donors (Lipinski definition) is 1. The monoisotopic (exact) mass is 408 g/mol. The fraction of sp³-hybridized carbons (Fsp3) is 0.190. The Morgan fingerprint density at radius 3 is 2.62 bits per heavy atom. The Hall–Kier alpha value is -3.26. The third kappa shape index (κ3) is 4.12. The Morgan fingerprint density at radius 2 is 1.83 bits per heavy atom. The van der Waals surface area contributed by atoms with Crippen LogP contribution in [0.1, 0.15) is 5.56 Å². The molecule has 0 fully saturated rings. The maximum Gasteiger partial charge on any atom is 0.266 e. The first-order valence-electron chi connectivity index (χ1n) is 9.10. The molecule has 2 heterocycles. The van der Waals surface area contributed by atoms with Crippen LogP contribution >= 0.6 is 11.8 Å². The third-order valence-electron chi connectivity index (χ3n) is 4.35. The number of H-pyrrole nitrogens is 1. The van der Waals surface area contributed by atoms with Gasteiger partial charge in [-0.25, -0.2) is 14.5 Å². The molecule has 29 heavy (non-hydrogen) atoms. The minimum Gasteiger partial charge on any atom is -0.493 e. The zero-order chi connectivity index (χ0) is 20.2. The molecule has 0 spiro atoms. The van der Waals surface area contributed by atoms with Gasteiger partial charge in [0.15, 0.2) is 28.1 Å².